The van der Waals surface area contributed by atoms with Crippen LogP contribution in [-0.4, -0.2) is 32.5 Å². The summed E-state index contributed by atoms with van der Waals surface area (Å²) in [6.45, 7) is 0.874. The van der Waals surface area contributed by atoms with Crippen molar-refractivity contribution in [3.63, 3.8) is 0 Å². The second-order valence-electron chi connectivity index (χ2n) is 6.43. The number of nitrogens with one attached hydrogen (secondary N) is 1. The molecule has 1 amide bonds. The summed E-state index contributed by atoms with van der Waals surface area (Å²) in [6, 6.07) is 9.84. The number of benzene rings is 2. The van der Waals surface area contributed by atoms with E-state index in [0.29, 0.717) is 24.5 Å². The zero-order chi connectivity index (χ0) is 18.4. The smallest absolute Gasteiger partial charge is 0.256 e. The Morgan fingerprint density at radius 1 is 1.15 bits per heavy atom. The minimum atomic E-state index is -1.38. The van der Waals surface area contributed by atoms with Crippen molar-refractivity contribution >= 4 is 40.0 Å². The number of aromatic nitrogens is 1. The second-order valence-corrected chi connectivity index (χ2v) is 7.30. The molecule has 0 spiro atoms. The number of nitrogens with zero attached hydrogens (tertiary/aromatic N) is 1. The van der Waals surface area contributed by atoms with Gasteiger partial charge in [0.1, 0.15) is 5.75 Å². The maximum absolute atomic E-state index is 12.7. The number of H-pyrrole nitrogens is 1. The number of hydrogen-bond acceptors (Lipinski definition) is 3. The number of hydrogen-bond donors (Lipinski definition) is 3. The topological polar surface area (TPSA) is 76.6 Å². The van der Waals surface area contributed by atoms with E-state index in [1.807, 2.05) is 18.2 Å². The monoisotopic (exact) mass is 390 g/mol. The summed E-state index contributed by atoms with van der Waals surface area (Å²) in [5.74, 6) is -0.512. The molecule has 1 aromatic heterocycles. The first-order valence-electron chi connectivity index (χ1n) is 8.17. The van der Waals surface area contributed by atoms with E-state index >= 15 is 0 Å². The lowest BCUT2D eigenvalue weighted by molar-refractivity contribution is -0.141. The molecule has 3 aromatic rings. The maximum atomic E-state index is 12.7. The van der Waals surface area contributed by atoms with Gasteiger partial charge in [0.25, 0.3) is 5.91 Å². The van der Waals surface area contributed by atoms with Gasteiger partial charge in [-0.25, -0.2) is 0 Å². The Hall–Kier alpha value is -2.21. The van der Waals surface area contributed by atoms with Crippen LogP contribution in [0.2, 0.25) is 10.0 Å². The summed E-state index contributed by atoms with van der Waals surface area (Å²) < 4.78 is 0. The van der Waals surface area contributed by atoms with Crippen LogP contribution in [0.5, 0.6) is 5.75 Å². The van der Waals surface area contributed by atoms with Gasteiger partial charge in [-0.05, 0) is 53.9 Å². The number of amides is 1. The lowest BCUT2D eigenvalue weighted by Gasteiger charge is -2.29. The number of aliphatic hydroxyl groups excluding tert-OH is 1. The molecule has 0 saturated heterocycles. The average molecular weight is 391 g/mol. The SMILES string of the molecule is O=C(C(O)c1cc(O)cc(Cl)c1)N1CCc2c([nH]c3ccc(Cl)cc23)C1. The summed E-state index contributed by atoms with van der Waals surface area (Å²) in [6.07, 6.45) is -0.699. The quantitative estimate of drug-likeness (QED) is 0.622. The molecule has 7 heteroatoms. The van der Waals surface area contributed by atoms with Gasteiger partial charge in [0.05, 0.1) is 6.54 Å². The van der Waals surface area contributed by atoms with Gasteiger partial charge in [-0.2, -0.15) is 0 Å². The first-order valence-corrected chi connectivity index (χ1v) is 8.93. The molecule has 0 radical (unpaired) electrons. The molecule has 0 fully saturated rings. The third kappa shape index (κ3) is 3.03. The highest BCUT2D eigenvalue weighted by molar-refractivity contribution is 6.31. The molecule has 1 unspecified atom stereocenters. The summed E-state index contributed by atoms with van der Waals surface area (Å²) in [7, 11) is 0. The van der Waals surface area contributed by atoms with Crippen molar-refractivity contribution in [2.75, 3.05) is 6.54 Å². The predicted octanol–water partition coefficient (Wildman–Crippen LogP) is 3.80. The summed E-state index contributed by atoms with van der Waals surface area (Å²) >= 11 is 12.0. The van der Waals surface area contributed by atoms with Crippen molar-refractivity contribution in [2.24, 2.45) is 0 Å². The number of phenolic OH excluding ortho intramolecular Hbond substituents is 1. The zero-order valence-electron chi connectivity index (χ0n) is 13.7. The molecule has 3 N–H and O–H groups in total. The van der Waals surface area contributed by atoms with Crippen LogP contribution in [0, 0.1) is 0 Å². The molecule has 134 valence electrons. The fourth-order valence-corrected chi connectivity index (χ4v) is 3.88. The van der Waals surface area contributed by atoms with E-state index in [9.17, 15) is 15.0 Å². The van der Waals surface area contributed by atoms with Gasteiger partial charge in [-0.1, -0.05) is 23.2 Å². The molecule has 4 rings (SSSR count). The van der Waals surface area contributed by atoms with E-state index in [-0.39, 0.29) is 16.3 Å². The Morgan fingerprint density at radius 3 is 2.73 bits per heavy atom. The van der Waals surface area contributed by atoms with Crippen LogP contribution in [0.15, 0.2) is 36.4 Å². The zero-order valence-corrected chi connectivity index (χ0v) is 15.2. The number of rotatable bonds is 2. The van der Waals surface area contributed by atoms with Gasteiger partial charge in [0.15, 0.2) is 6.10 Å². The van der Waals surface area contributed by atoms with Crippen molar-refractivity contribution in [3.8, 4) is 5.75 Å². The number of aromatic amines is 1. The first-order chi connectivity index (χ1) is 12.4. The van der Waals surface area contributed by atoms with Crippen LogP contribution >= 0.6 is 23.2 Å². The van der Waals surface area contributed by atoms with Crippen LogP contribution in [0.25, 0.3) is 10.9 Å². The lowest BCUT2D eigenvalue weighted by Crippen LogP contribution is -2.39. The van der Waals surface area contributed by atoms with E-state index < -0.39 is 12.0 Å². The number of phenols is 1. The van der Waals surface area contributed by atoms with E-state index in [2.05, 4.69) is 4.98 Å². The van der Waals surface area contributed by atoms with Crippen molar-refractivity contribution < 1.29 is 15.0 Å². The van der Waals surface area contributed by atoms with E-state index in [0.717, 1.165) is 22.2 Å². The molecule has 1 aliphatic heterocycles. The molecule has 0 saturated carbocycles. The predicted molar refractivity (Wildman–Crippen MR) is 101 cm³/mol. The molecule has 1 atom stereocenters. The highest BCUT2D eigenvalue weighted by Gasteiger charge is 2.29. The molecule has 5 nitrogen and oxygen atoms in total. The highest BCUT2D eigenvalue weighted by Crippen LogP contribution is 2.31. The first kappa shape index (κ1) is 17.2. The summed E-state index contributed by atoms with van der Waals surface area (Å²) in [5.41, 5.74) is 3.35. The fraction of sp³-hybridized carbons (Fsp3) is 0.211. The number of fused-ring (bicyclic) bond motifs is 3. The van der Waals surface area contributed by atoms with Crippen molar-refractivity contribution in [1.82, 2.24) is 9.88 Å². The third-order valence-corrected chi connectivity index (χ3v) is 5.16. The normalized spacial score (nSPS) is 15.1. The minimum Gasteiger partial charge on any atom is -0.508 e. The van der Waals surface area contributed by atoms with Crippen molar-refractivity contribution in [3.05, 3.63) is 63.3 Å². The van der Waals surface area contributed by atoms with E-state index in [1.165, 1.54) is 18.2 Å². The molecule has 0 bridgehead atoms. The molecular formula is C19H16Cl2N2O3. The number of aliphatic hydroxyl groups is 1. The van der Waals surface area contributed by atoms with Crippen LogP contribution in [0.4, 0.5) is 0 Å². The van der Waals surface area contributed by atoms with Crippen LogP contribution in [0.3, 0.4) is 0 Å². The molecule has 0 aliphatic carbocycles. The largest absolute Gasteiger partial charge is 0.508 e. The third-order valence-electron chi connectivity index (χ3n) is 4.70. The number of carbonyl (C=O) groups excluding carboxylic acids is 1. The lowest BCUT2D eigenvalue weighted by atomic mass is 10.0. The van der Waals surface area contributed by atoms with Gasteiger partial charge in [-0.3, -0.25) is 4.79 Å². The van der Waals surface area contributed by atoms with Crippen LogP contribution in [0.1, 0.15) is 22.9 Å². The average Bonchev–Trinajstić information content (AvgIpc) is 2.96. The van der Waals surface area contributed by atoms with Gasteiger partial charge in [-0.15, -0.1) is 0 Å². The van der Waals surface area contributed by atoms with Crippen molar-refractivity contribution in [2.45, 2.75) is 19.1 Å². The maximum Gasteiger partial charge on any atom is 0.256 e. The Labute approximate surface area is 159 Å². The number of aromatic hydroxyl groups is 1. The summed E-state index contributed by atoms with van der Waals surface area (Å²) in [4.78, 5) is 17.6. The summed E-state index contributed by atoms with van der Waals surface area (Å²) in [5, 5.41) is 22.1. The number of halogens is 2. The Morgan fingerprint density at radius 2 is 1.96 bits per heavy atom. The number of carbonyl (C=O) groups is 1. The van der Waals surface area contributed by atoms with Gasteiger partial charge in [0.2, 0.25) is 0 Å². The van der Waals surface area contributed by atoms with E-state index in [1.54, 1.807) is 4.90 Å². The molecule has 2 aromatic carbocycles. The van der Waals surface area contributed by atoms with Gasteiger partial charge in [0, 0.05) is 33.2 Å². The second kappa shape index (κ2) is 6.50. The Kier molecular flexibility index (Phi) is 4.31. The molecule has 26 heavy (non-hydrogen) atoms. The minimum absolute atomic E-state index is 0.0900. The fourth-order valence-electron chi connectivity index (χ4n) is 3.47. The Bertz CT molecular complexity index is 995. The molecular weight excluding hydrogens is 375 g/mol. The van der Waals surface area contributed by atoms with Crippen LogP contribution in [-0.2, 0) is 17.8 Å². The Balaban J connectivity index is 1.60. The molecule has 2 heterocycles. The standard InChI is InChI=1S/C19H16Cl2N2O3/c20-11-1-2-16-15(8-11)14-3-4-23(9-17(14)22-16)19(26)18(25)10-5-12(21)7-13(24)6-10/h1-2,5-8,18,22,24-25H,3-4,9H2. The highest BCUT2D eigenvalue weighted by atomic mass is 35.5. The van der Waals surface area contributed by atoms with E-state index in [4.69, 9.17) is 23.2 Å². The van der Waals surface area contributed by atoms with Gasteiger partial charge >= 0.3 is 0 Å². The van der Waals surface area contributed by atoms with Crippen LogP contribution < -0.4 is 0 Å². The van der Waals surface area contributed by atoms with Gasteiger partial charge < -0.3 is 20.1 Å². The molecule has 1 aliphatic rings. The van der Waals surface area contributed by atoms with Crippen molar-refractivity contribution in [1.29, 1.82) is 0 Å².